The number of hydrogen-bond donors (Lipinski definition) is 2. The second-order valence-electron chi connectivity index (χ2n) is 7.05. The molecule has 3 aromatic heterocycles. The number of benzene rings is 2. The fourth-order valence-electron chi connectivity index (χ4n) is 3.54. The number of carbonyl (C=O) groups excluding carboxylic acids is 1. The van der Waals surface area contributed by atoms with Gasteiger partial charge < -0.3 is 10.1 Å². The first-order valence-corrected chi connectivity index (χ1v) is 9.78. The van der Waals surface area contributed by atoms with E-state index in [-0.39, 0.29) is 11.5 Å². The van der Waals surface area contributed by atoms with Crippen LogP contribution >= 0.6 is 0 Å². The maximum atomic E-state index is 12.9. The molecule has 0 spiro atoms. The van der Waals surface area contributed by atoms with Crippen LogP contribution in [-0.4, -0.2) is 30.6 Å². The van der Waals surface area contributed by atoms with Gasteiger partial charge in [0.05, 0.1) is 11.4 Å². The lowest BCUT2D eigenvalue weighted by Crippen LogP contribution is -2.02. The average Bonchev–Trinajstić information content (AvgIpc) is 3.45. The van der Waals surface area contributed by atoms with Crippen LogP contribution in [0.3, 0.4) is 0 Å². The van der Waals surface area contributed by atoms with Crippen molar-refractivity contribution in [1.29, 1.82) is 0 Å². The molecule has 5 aromatic rings. The van der Waals surface area contributed by atoms with Crippen LogP contribution in [0.5, 0.6) is 0 Å². The highest BCUT2D eigenvalue weighted by Crippen LogP contribution is 2.31. The summed E-state index contributed by atoms with van der Waals surface area (Å²) < 4.78 is 1.75. The van der Waals surface area contributed by atoms with E-state index in [1.807, 2.05) is 60.8 Å². The topological polar surface area (TPSA) is 83.8 Å². The summed E-state index contributed by atoms with van der Waals surface area (Å²) in [5.74, 6) is -0.543. The zero-order valence-corrected chi connectivity index (χ0v) is 16.4. The molecule has 0 fully saturated rings. The second-order valence-corrected chi connectivity index (χ2v) is 7.05. The van der Waals surface area contributed by atoms with E-state index in [0.29, 0.717) is 5.56 Å². The Morgan fingerprint density at radius 3 is 2.61 bits per heavy atom. The van der Waals surface area contributed by atoms with E-state index >= 15 is 0 Å². The summed E-state index contributed by atoms with van der Waals surface area (Å²) in [4.78, 5) is 20.2. The number of fused-ring (bicyclic) bond motifs is 1. The molecule has 6 heteroatoms. The first-order chi connectivity index (χ1) is 15.2. The van der Waals surface area contributed by atoms with Gasteiger partial charge in [0.2, 0.25) is 5.78 Å². The molecular weight excluding hydrogens is 388 g/mol. The van der Waals surface area contributed by atoms with Gasteiger partial charge in [-0.25, -0.2) is 4.68 Å². The van der Waals surface area contributed by atoms with Crippen LogP contribution in [0, 0.1) is 0 Å². The Bertz CT molecular complexity index is 1400. The molecule has 0 atom stereocenters. The number of aromatic amines is 1. The van der Waals surface area contributed by atoms with Gasteiger partial charge in [0.15, 0.2) is 0 Å². The molecule has 3 heterocycles. The van der Waals surface area contributed by atoms with Crippen LogP contribution in [0.1, 0.15) is 16.1 Å². The van der Waals surface area contributed by atoms with Gasteiger partial charge in [-0.15, -0.1) is 0 Å². The first kappa shape index (κ1) is 18.6. The fraction of sp³-hybridized carbons (Fsp3) is 0. The molecule has 0 unspecified atom stereocenters. The number of pyridine rings is 1. The number of nitrogens with zero attached hydrogens (tertiary/aromatic N) is 3. The minimum absolute atomic E-state index is 0.152. The van der Waals surface area contributed by atoms with E-state index in [1.54, 1.807) is 29.1 Å². The molecule has 0 amide bonds. The van der Waals surface area contributed by atoms with Crippen LogP contribution in [0.2, 0.25) is 0 Å². The van der Waals surface area contributed by atoms with Crippen molar-refractivity contribution in [3.8, 4) is 16.9 Å². The summed E-state index contributed by atoms with van der Waals surface area (Å²) in [5, 5.41) is 15.9. The zero-order chi connectivity index (χ0) is 21.2. The molecule has 6 nitrogen and oxygen atoms in total. The van der Waals surface area contributed by atoms with Gasteiger partial charge in [-0.3, -0.25) is 9.78 Å². The van der Waals surface area contributed by atoms with Gasteiger partial charge in [-0.2, -0.15) is 5.10 Å². The Morgan fingerprint density at radius 1 is 1.00 bits per heavy atom. The van der Waals surface area contributed by atoms with Crippen LogP contribution in [0.4, 0.5) is 0 Å². The lowest BCUT2D eigenvalue weighted by molar-refractivity contribution is 0.104. The average molecular weight is 406 g/mol. The molecule has 5 rings (SSSR count). The summed E-state index contributed by atoms with van der Waals surface area (Å²) in [6.45, 7) is 0. The molecule has 0 aliphatic rings. The summed E-state index contributed by atoms with van der Waals surface area (Å²) in [6, 6.07) is 22.7. The van der Waals surface area contributed by atoms with E-state index < -0.39 is 5.78 Å². The highest BCUT2D eigenvalue weighted by molar-refractivity contribution is 6.07. The van der Waals surface area contributed by atoms with E-state index in [2.05, 4.69) is 15.1 Å². The molecule has 31 heavy (non-hydrogen) atoms. The zero-order valence-electron chi connectivity index (χ0n) is 16.4. The van der Waals surface area contributed by atoms with Gasteiger partial charge in [-0.1, -0.05) is 36.4 Å². The van der Waals surface area contributed by atoms with Crippen LogP contribution in [-0.2, 0) is 0 Å². The van der Waals surface area contributed by atoms with E-state index in [0.717, 1.165) is 27.8 Å². The Kier molecular flexibility index (Phi) is 4.65. The van der Waals surface area contributed by atoms with Gasteiger partial charge >= 0.3 is 0 Å². The largest absolute Gasteiger partial charge is 0.507 e. The number of rotatable bonds is 5. The van der Waals surface area contributed by atoms with Crippen molar-refractivity contribution in [3.63, 3.8) is 0 Å². The minimum atomic E-state index is -0.392. The van der Waals surface area contributed by atoms with Crippen LogP contribution in [0.25, 0.3) is 33.6 Å². The number of aliphatic hydroxyl groups excluding tert-OH is 1. The number of nitrogens with one attached hydrogen (secondary N) is 1. The Hall–Kier alpha value is -4.45. The first-order valence-electron chi connectivity index (χ1n) is 9.78. The maximum Gasteiger partial charge on any atom is 0.209 e. The van der Waals surface area contributed by atoms with Crippen LogP contribution in [0.15, 0.2) is 97.5 Å². The number of para-hydroxylation sites is 2. The molecule has 150 valence electrons. The maximum absolute atomic E-state index is 12.9. The van der Waals surface area contributed by atoms with Gasteiger partial charge in [-0.05, 0) is 36.4 Å². The molecule has 0 aliphatic heterocycles. The Labute approximate surface area is 178 Å². The monoisotopic (exact) mass is 406 g/mol. The third-order valence-electron chi connectivity index (χ3n) is 5.05. The summed E-state index contributed by atoms with van der Waals surface area (Å²) in [7, 11) is 0. The van der Waals surface area contributed by atoms with Gasteiger partial charge in [0, 0.05) is 46.7 Å². The molecule has 2 aromatic carbocycles. The number of aromatic nitrogens is 4. The minimum Gasteiger partial charge on any atom is -0.507 e. The number of H-pyrrole nitrogens is 1. The Balaban J connectivity index is 1.63. The standard InChI is InChI=1S/C25H18N4O2/c30-24(17-7-6-12-26-15-17)14-25(31)22-13-23(29(28-22)18-8-2-1-3-9-18)20-16-27-21-11-5-4-10-19(20)21/h1-16,27,30H. The molecule has 2 N–H and O–H groups in total. The molecular formula is C25H18N4O2. The number of hydrogen-bond acceptors (Lipinski definition) is 4. The fourth-order valence-corrected chi connectivity index (χ4v) is 3.54. The highest BCUT2D eigenvalue weighted by Gasteiger charge is 2.18. The van der Waals surface area contributed by atoms with E-state index in [9.17, 15) is 9.90 Å². The van der Waals surface area contributed by atoms with Crippen LogP contribution < -0.4 is 0 Å². The van der Waals surface area contributed by atoms with E-state index in [1.165, 1.54) is 12.3 Å². The van der Waals surface area contributed by atoms with Gasteiger partial charge in [0.1, 0.15) is 11.5 Å². The van der Waals surface area contributed by atoms with Crippen molar-refractivity contribution in [2.24, 2.45) is 0 Å². The smallest absolute Gasteiger partial charge is 0.209 e. The second kappa shape index (κ2) is 7.76. The lowest BCUT2D eigenvalue weighted by atomic mass is 10.1. The number of aliphatic hydroxyl groups is 1. The van der Waals surface area contributed by atoms with Crippen molar-refractivity contribution < 1.29 is 9.90 Å². The SMILES string of the molecule is O=C(C=C(O)c1cccnc1)c1cc(-c2c[nH]c3ccccc23)n(-c2ccccc2)n1. The number of ketones is 1. The van der Waals surface area contributed by atoms with Crippen molar-refractivity contribution in [1.82, 2.24) is 19.7 Å². The number of allylic oxidation sites excluding steroid dienone is 1. The molecule has 0 saturated carbocycles. The van der Waals surface area contributed by atoms with Crippen molar-refractivity contribution >= 4 is 22.4 Å². The predicted octanol–water partition coefficient (Wildman–Crippen LogP) is 5.20. The normalized spacial score (nSPS) is 11.7. The van der Waals surface area contributed by atoms with E-state index in [4.69, 9.17) is 0 Å². The molecule has 0 radical (unpaired) electrons. The summed E-state index contributed by atoms with van der Waals surface area (Å²) in [6.07, 6.45) is 6.19. The van der Waals surface area contributed by atoms with Crippen molar-refractivity contribution in [2.75, 3.05) is 0 Å². The quantitative estimate of drug-likeness (QED) is 0.239. The highest BCUT2D eigenvalue weighted by atomic mass is 16.3. The summed E-state index contributed by atoms with van der Waals surface area (Å²) >= 11 is 0. The summed E-state index contributed by atoms with van der Waals surface area (Å²) in [5.41, 5.74) is 4.25. The lowest BCUT2D eigenvalue weighted by Gasteiger charge is -2.06. The Morgan fingerprint density at radius 2 is 1.81 bits per heavy atom. The van der Waals surface area contributed by atoms with Crippen molar-refractivity contribution in [3.05, 3.63) is 109 Å². The van der Waals surface area contributed by atoms with Crippen molar-refractivity contribution in [2.45, 2.75) is 0 Å². The number of carbonyl (C=O) groups is 1. The molecule has 0 aliphatic carbocycles. The third kappa shape index (κ3) is 3.51. The third-order valence-corrected chi connectivity index (χ3v) is 5.05. The predicted molar refractivity (Wildman–Crippen MR) is 120 cm³/mol. The molecule has 0 saturated heterocycles. The molecule has 0 bridgehead atoms. The van der Waals surface area contributed by atoms with Gasteiger partial charge in [0.25, 0.3) is 0 Å².